The fourth-order valence-electron chi connectivity index (χ4n) is 3.22. The van der Waals surface area contributed by atoms with Crippen molar-refractivity contribution < 1.29 is 4.74 Å². The molecular weight excluding hydrogens is 224 g/mol. The average molecular weight is 246 g/mol. The smallest absolute Gasteiger partial charge is 0.127 e. The van der Waals surface area contributed by atoms with Crippen molar-refractivity contribution in [2.24, 2.45) is 5.73 Å². The molecule has 0 radical (unpaired) electrons. The SMILES string of the molecule is COc1c(C2(CN)CC2)ccc2c1CCCN2C. The summed E-state index contributed by atoms with van der Waals surface area (Å²) >= 11 is 0. The van der Waals surface area contributed by atoms with Gasteiger partial charge in [0, 0.05) is 42.4 Å². The van der Waals surface area contributed by atoms with Gasteiger partial charge in [-0.3, -0.25) is 0 Å². The van der Waals surface area contributed by atoms with E-state index in [1.807, 2.05) is 0 Å². The van der Waals surface area contributed by atoms with Crippen molar-refractivity contribution in [1.29, 1.82) is 0 Å². The summed E-state index contributed by atoms with van der Waals surface area (Å²) in [4.78, 5) is 2.33. The molecule has 0 saturated heterocycles. The lowest BCUT2D eigenvalue weighted by Crippen LogP contribution is -2.27. The van der Waals surface area contributed by atoms with Crippen LogP contribution in [0.2, 0.25) is 0 Å². The summed E-state index contributed by atoms with van der Waals surface area (Å²) in [6, 6.07) is 4.49. The highest BCUT2D eigenvalue weighted by Crippen LogP contribution is 2.52. The maximum atomic E-state index is 5.96. The predicted octanol–water partition coefficient (Wildman–Crippen LogP) is 2.07. The summed E-state index contributed by atoms with van der Waals surface area (Å²) in [6.45, 7) is 1.87. The molecule has 3 rings (SSSR count). The van der Waals surface area contributed by atoms with Crippen LogP contribution in [-0.2, 0) is 11.8 Å². The van der Waals surface area contributed by atoms with Crippen molar-refractivity contribution >= 4 is 5.69 Å². The van der Waals surface area contributed by atoms with Gasteiger partial charge in [0.15, 0.2) is 0 Å². The monoisotopic (exact) mass is 246 g/mol. The predicted molar refractivity (Wildman–Crippen MR) is 74.6 cm³/mol. The van der Waals surface area contributed by atoms with Crippen molar-refractivity contribution in [3.63, 3.8) is 0 Å². The van der Waals surface area contributed by atoms with Crippen LogP contribution >= 0.6 is 0 Å². The summed E-state index contributed by atoms with van der Waals surface area (Å²) in [7, 11) is 3.95. The quantitative estimate of drug-likeness (QED) is 0.887. The minimum atomic E-state index is 0.205. The summed E-state index contributed by atoms with van der Waals surface area (Å²) < 4.78 is 5.74. The third-order valence-electron chi connectivity index (χ3n) is 4.59. The second kappa shape index (κ2) is 4.16. The van der Waals surface area contributed by atoms with Crippen molar-refractivity contribution in [2.75, 3.05) is 32.1 Å². The molecule has 1 aliphatic heterocycles. The molecule has 2 N–H and O–H groups in total. The fraction of sp³-hybridized carbons (Fsp3) is 0.600. The van der Waals surface area contributed by atoms with E-state index in [0.717, 1.165) is 25.3 Å². The molecule has 1 aromatic rings. The van der Waals surface area contributed by atoms with Gasteiger partial charge in [-0.05, 0) is 31.7 Å². The lowest BCUT2D eigenvalue weighted by Gasteiger charge is -2.31. The van der Waals surface area contributed by atoms with Crippen molar-refractivity contribution in [1.82, 2.24) is 0 Å². The molecule has 0 atom stereocenters. The molecule has 1 aromatic carbocycles. The Morgan fingerprint density at radius 3 is 2.78 bits per heavy atom. The van der Waals surface area contributed by atoms with Crippen molar-refractivity contribution in [3.8, 4) is 5.75 Å². The van der Waals surface area contributed by atoms with Crippen LogP contribution in [0.5, 0.6) is 5.75 Å². The van der Waals surface area contributed by atoms with E-state index in [-0.39, 0.29) is 5.41 Å². The van der Waals surface area contributed by atoms with Crippen LogP contribution in [0.1, 0.15) is 30.4 Å². The Morgan fingerprint density at radius 1 is 1.39 bits per heavy atom. The molecule has 3 nitrogen and oxygen atoms in total. The second-order valence-electron chi connectivity index (χ2n) is 5.65. The summed E-state index contributed by atoms with van der Waals surface area (Å²) in [5, 5.41) is 0. The second-order valence-corrected chi connectivity index (χ2v) is 5.65. The number of fused-ring (bicyclic) bond motifs is 1. The first-order chi connectivity index (χ1) is 8.72. The largest absolute Gasteiger partial charge is 0.496 e. The van der Waals surface area contributed by atoms with Gasteiger partial charge in [0.25, 0.3) is 0 Å². The van der Waals surface area contributed by atoms with E-state index >= 15 is 0 Å². The van der Waals surface area contributed by atoms with E-state index in [1.165, 1.54) is 36.1 Å². The molecule has 0 aromatic heterocycles. The van der Waals surface area contributed by atoms with Crippen LogP contribution in [0.15, 0.2) is 12.1 Å². The first-order valence-electron chi connectivity index (χ1n) is 6.83. The van der Waals surface area contributed by atoms with Crippen LogP contribution in [0.3, 0.4) is 0 Å². The number of benzene rings is 1. The Kier molecular flexibility index (Phi) is 2.74. The number of nitrogens with zero attached hydrogens (tertiary/aromatic N) is 1. The molecular formula is C15H22N2O. The third-order valence-corrected chi connectivity index (χ3v) is 4.59. The van der Waals surface area contributed by atoms with Crippen LogP contribution in [0.25, 0.3) is 0 Å². The molecule has 1 aliphatic carbocycles. The average Bonchev–Trinajstić information content (AvgIpc) is 3.19. The molecule has 98 valence electrons. The van der Waals surface area contributed by atoms with Crippen molar-refractivity contribution in [2.45, 2.75) is 31.1 Å². The molecule has 1 fully saturated rings. The standard InChI is InChI=1S/C15H22N2O/c1-17-9-3-4-11-13(17)6-5-12(14(11)18-2)15(10-16)7-8-15/h5-6H,3-4,7-10,16H2,1-2H3. The topological polar surface area (TPSA) is 38.5 Å². The molecule has 1 saturated carbocycles. The lowest BCUT2D eigenvalue weighted by molar-refractivity contribution is 0.397. The van der Waals surface area contributed by atoms with Gasteiger partial charge >= 0.3 is 0 Å². The van der Waals surface area contributed by atoms with Crippen LogP contribution in [0, 0.1) is 0 Å². The zero-order chi connectivity index (χ0) is 12.8. The lowest BCUT2D eigenvalue weighted by atomic mass is 9.89. The minimum Gasteiger partial charge on any atom is -0.496 e. The van der Waals surface area contributed by atoms with Crippen LogP contribution in [0.4, 0.5) is 5.69 Å². The van der Waals surface area contributed by atoms with Gasteiger partial charge in [-0.25, -0.2) is 0 Å². The summed E-state index contributed by atoms with van der Waals surface area (Å²) in [5.41, 5.74) is 10.2. The van der Waals surface area contributed by atoms with Gasteiger partial charge in [-0.2, -0.15) is 0 Å². The molecule has 0 unspecified atom stereocenters. The van der Waals surface area contributed by atoms with E-state index < -0.39 is 0 Å². The minimum absolute atomic E-state index is 0.205. The van der Waals surface area contributed by atoms with E-state index in [4.69, 9.17) is 10.5 Å². The highest BCUT2D eigenvalue weighted by molar-refractivity contribution is 5.65. The van der Waals surface area contributed by atoms with E-state index in [2.05, 4.69) is 24.1 Å². The van der Waals surface area contributed by atoms with Gasteiger partial charge in [-0.15, -0.1) is 0 Å². The van der Waals surface area contributed by atoms with Gasteiger partial charge < -0.3 is 15.4 Å². The van der Waals surface area contributed by atoms with Gasteiger partial charge in [0.1, 0.15) is 5.75 Å². The normalized spacial score (nSPS) is 20.5. The zero-order valence-corrected chi connectivity index (χ0v) is 11.3. The third kappa shape index (κ3) is 1.61. The Morgan fingerprint density at radius 2 is 2.17 bits per heavy atom. The number of methoxy groups -OCH3 is 1. The molecule has 0 amide bonds. The molecule has 3 heteroatoms. The number of hydrogen-bond donors (Lipinski definition) is 1. The highest BCUT2D eigenvalue weighted by atomic mass is 16.5. The number of hydrogen-bond acceptors (Lipinski definition) is 3. The fourth-order valence-corrected chi connectivity index (χ4v) is 3.22. The Hall–Kier alpha value is -1.22. The number of ether oxygens (including phenoxy) is 1. The molecule has 0 bridgehead atoms. The van der Waals surface area contributed by atoms with Crippen molar-refractivity contribution in [3.05, 3.63) is 23.3 Å². The first-order valence-corrected chi connectivity index (χ1v) is 6.83. The van der Waals surface area contributed by atoms with Gasteiger partial charge in [0.05, 0.1) is 7.11 Å². The molecule has 18 heavy (non-hydrogen) atoms. The Balaban J connectivity index is 2.12. The van der Waals surface area contributed by atoms with Gasteiger partial charge in [0.2, 0.25) is 0 Å². The van der Waals surface area contributed by atoms with Gasteiger partial charge in [-0.1, -0.05) is 6.07 Å². The molecule has 0 spiro atoms. The Bertz CT molecular complexity index is 466. The molecule has 2 aliphatic rings. The van der Waals surface area contributed by atoms with E-state index in [1.54, 1.807) is 7.11 Å². The first kappa shape index (κ1) is 11.8. The number of rotatable bonds is 3. The van der Waals surface area contributed by atoms with E-state index in [9.17, 15) is 0 Å². The van der Waals surface area contributed by atoms with Crippen LogP contribution in [-0.4, -0.2) is 27.2 Å². The van der Waals surface area contributed by atoms with E-state index in [0.29, 0.717) is 0 Å². The summed E-state index contributed by atoms with van der Waals surface area (Å²) in [5.74, 6) is 1.10. The maximum absolute atomic E-state index is 5.96. The summed E-state index contributed by atoms with van der Waals surface area (Å²) in [6.07, 6.45) is 4.74. The Labute approximate surface area is 109 Å². The highest BCUT2D eigenvalue weighted by Gasteiger charge is 2.45. The van der Waals surface area contributed by atoms with Crippen LogP contribution < -0.4 is 15.4 Å². The number of anilines is 1. The zero-order valence-electron chi connectivity index (χ0n) is 11.3. The number of nitrogens with two attached hydrogens (primary N) is 1. The molecule has 1 heterocycles. The maximum Gasteiger partial charge on any atom is 0.127 e.